The lowest BCUT2D eigenvalue weighted by Crippen LogP contribution is -2.16. The van der Waals surface area contributed by atoms with Crippen LogP contribution in [0.2, 0.25) is 0 Å². The molecule has 0 aliphatic carbocycles. The Hall–Kier alpha value is -2.47. The van der Waals surface area contributed by atoms with Crippen molar-refractivity contribution in [3.05, 3.63) is 47.4 Å². The summed E-state index contributed by atoms with van der Waals surface area (Å²) in [5.74, 6) is 0.380. The number of amides is 1. The van der Waals surface area contributed by atoms with Gasteiger partial charge in [-0.2, -0.15) is 0 Å². The third kappa shape index (κ3) is 4.75. The molecule has 1 aromatic carbocycles. The molecule has 6 nitrogen and oxygen atoms in total. The Morgan fingerprint density at radius 1 is 1.17 bits per heavy atom. The molecule has 0 aliphatic heterocycles. The van der Waals surface area contributed by atoms with E-state index in [4.69, 9.17) is 4.74 Å². The Kier molecular flexibility index (Phi) is 6.05. The van der Waals surface area contributed by atoms with E-state index in [2.05, 4.69) is 20.6 Å². The van der Waals surface area contributed by atoms with Gasteiger partial charge in [0.1, 0.15) is 11.5 Å². The van der Waals surface area contributed by atoms with Crippen LogP contribution in [-0.4, -0.2) is 36.1 Å². The minimum atomic E-state index is -0.263. The Morgan fingerprint density at radius 2 is 1.91 bits per heavy atom. The summed E-state index contributed by atoms with van der Waals surface area (Å²) in [6.45, 7) is 5.36. The number of aromatic nitrogens is 2. The van der Waals surface area contributed by atoms with Crippen LogP contribution in [0.1, 0.15) is 28.0 Å². The van der Waals surface area contributed by atoms with Gasteiger partial charge < -0.3 is 15.4 Å². The van der Waals surface area contributed by atoms with Gasteiger partial charge in [-0.05, 0) is 31.4 Å². The van der Waals surface area contributed by atoms with Gasteiger partial charge in [0, 0.05) is 25.9 Å². The second kappa shape index (κ2) is 8.24. The van der Waals surface area contributed by atoms with Crippen molar-refractivity contribution in [2.45, 2.75) is 20.3 Å². The van der Waals surface area contributed by atoms with Crippen molar-refractivity contribution in [2.24, 2.45) is 0 Å². The van der Waals surface area contributed by atoms with E-state index in [1.165, 1.54) is 6.20 Å². The molecular formula is C17H22N4O2. The van der Waals surface area contributed by atoms with Crippen LogP contribution in [-0.2, 0) is 4.74 Å². The number of para-hydroxylation sites is 1. The van der Waals surface area contributed by atoms with Crippen LogP contribution in [0.4, 0.5) is 11.5 Å². The average Bonchev–Trinajstić information content (AvgIpc) is 2.55. The zero-order valence-electron chi connectivity index (χ0n) is 13.7. The van der Waals surface area contributed by atoms with Gasteiger partial charge in [0.15, 0.2) is 0 Å². The molecule has 1 heterocycles. The average molecular weight is 314 g/mol. The van der Waals surface area contributed by atoms with Crippen molar-refractivity contribution in [3.8, 4) is 0 Å². The Bertz CT molecular complexity index is 636. The maximum atomic E-state index is 12.3. The van der Waals surface area contributed by atoms with Crippen LogP contribution in [0.15, 0.2) is 30.6 Å². The quantitative estimate of drug-likeness (QED) is 0.769. The molecule has 0 saturated carbocycles. The third-order valence-electron chi connectivity index (χ3n) is 3.44. The molecule has 0 unspecified atom stereocenters. The maximum absolute atomic E-state index is 12.3. The molecule has 0 atom stereocenters. The number of nitrogens with zero attached hydrogens (tertiary/aromatic N) is 2. The normalized spacial score (nSPS) is 10.4. The molecule has 0 spiro atoms. The van der Waals surface area contributed by atoms with Gasteiger partial charge in [-0.1, -0.05) is 18.2 Å². The van der Waals surface area contributed by atoms with E-state index in [1.807, 2.05) is 32.0 Å². The monoisotopic (exact) mass is 314 g/mol. The van der Waals surface area contributed by atoms with Crippen LogP contribution in [0.5, 0.6) is 0 Å². The minimum absolute atomic E-state index is 0.263. The Morgan fingerprint density at radius 3 is 2.52 bits per heavy atom. The number of methoxy groups -OCH3 is 1. The number of carbonyl (C=O) groups excluding carboxylic acids is 1. The zero-order valence-corrected chi connectivity index (χ0v) is 13.7. The van der Waals surface area contributed by atoms with Gasteiger partial charge in [0.2, 0.25) is 0 Å². The number of ether oxygens (including phenoxy) is 1. The first-order chi connectivity index (χ1) is 11.1. The summed E-state index contributed by atoms with van der Waals surface area (Å²) < 4.78 is 4.98. The van der Waals surface area contributed by atoms with E-state index < -0.39 is 0 Å². The molecule has 2 N–H and O–H groups in total. The topological polar surface area (TPSA) is 76.1 Å². The predicted molar refractivity (Wildman–Crippen MR) is 90.9 cm³/mol. The molecule has 0 saturated heterocycles. The molecular weight excluding hydrogens is 292 g/mol. The first kappa shape index (κ1) is 16.9. The second-order valence-electron chi connectivity index (χ2n) is 5.28. The number of anilines is 2. The summed E-state index contributed by atoms with van der Waals surface area (Å²) in [5, 5.41) is 6.02. The number of rotatable bonds is 7. The molecule has 0 radical (unpaired) electrons. The largest absolute Gasteiger partial charge is 0.385 e. The number of nitrogens with one attached hydrogen (secondary N) is 2. The molecule has 6 heteroatoms. The molecule has 2 aromatic rings. The van der Waals surface area contributed by atoms with E-state index in [9.17, 15) is 4.79 Å². The Balaban J connectivity index is 1.97. The van der Waals surface area contributed by atoms with Crippen LogP contribution in [0.3, 0.4) is 0 Å². The SMILES string of the molecule is COCCCNc1cnc(C(=O)Nc2c(C)cccc2C)cn1. The maximum Gasteiger partial charge on any atom is 0.275 e. The highest BCUT2D eigenvalue weighted by atomic mass is 16.5. The zero-order chi connectivity index (χ0) is 16.7. The van der Waals surface area contributed by atoms with Crippen molar-refractivity contribution in [2.75, 3.05) is 30.9 Å². The molecule has 1 aromatic heterocycles. The van der Waals surface area contributed by atoms with E-state index in [0.29, 0.717) is 12.4 Å². The lowest BCUT2D eigenvalue weighted by Gasteiger charge is -2.11. The lowest BCUT2D eigenvalue weighted by molar-refractivity contribution is 0.102. The highest BCUT2D eigenvalue weighted by Gasteiger charge is 2.11. The minimum Gasteiger partial charge on any atom is -0.385 e. The molecule has 0 bridgehead atoms. The first-order valence-corrected chi connectivity index (χ1v) is 7.54. The van der Waals surface area contributed by atoms with Gasteiger partial charge in [-0.15, -0.1) is 0 Å². The van der Waals surface area contributed by atoms with E-state index in [-0.39, 0.29) is 11.6 Å². The van der Waals surface area contributed by atoms with Crippen LogP contribution in [0.25, 0.3) is 0 Å². The fourth-order valence-corrected chi connectivity index (χ4v) is 2.16. The fourth-order valence-electron chi connectivity index (χ4n) is 2.16. The van der Waals surface area contributed by atoms with Gasteiger partial charge >= 0.3 is 0 Å². The summed E-state index contributed by atoms with van der Waals surface area (Å²) in [5.41, 5.74) is 3.14. The molecule has 122 valence electrons. The van der Waals surface area contributed by atoms with E-state index >= 15 is 0 Å². The summed E-state index contributed by atoms with van der Waals surface area (Å²) in [7, 11) is 1.67. The van der Waals surface area contributed by atoms with Crippen LogP contribution < -0.4 is 10.6 Å². The van der Waals surface area contributed by atoms with Crippen molar-refractivity contribution in [1.82, 2.24) is 9.97 Å². The number of carbonyl (C=O) groups is 1. The summed E-state index contributed by atoms with van der Waals surface area (Å²) in [6.07, 6.45) is 3.92. The van der Waals surface area contributed by atoms with Crippen molar-refractivity contribution < 1.29 is 9.53 Å². The number of hydrogen-bond donors (Lipinski definition) is 2. The summed E-state index contributed by atoms with van der Waals surface area (Å²) in [6, 6.07) is 5.88. The number of aryl methyl sites for hydroxylation is 2. The highest BCUT2D eigenvalue weighted by Crippen LogP contribution is 2.20. The van der Waals surface area contributed by atoms with Gasteiger partial charge in [0.05, 0.1) is 12.4 Å². The molecule has 0 fully saturated rings. The molecule has 2 rings (SSSR count). The highest BCUT2D eigenvalue weighted by molar-refractivity contribution is 6.03. The third-order valence-corrected chi connectivity index (χ3v) is 3.44. The lowest BCUT2D eigenvalue weighted by atomic mass is 10.1. The molecule has 1 amide bonds. The van der Waals surface area contributed by atoms with E-state index in [1.54, 1.807) is 13.3 Å². The van der Waals surface area contributed by atoms with Gasteiger partial charge in [0.25, 0.3) is 5.91 Å². The van der Waals surface area contributed by atoms with Crippen molar-refractivity contribution >= 4 is 17.4 Å². The smallest absolute Gasteiger partial charge is 0.275 e. The number of benzene rings is 1. The predicted octanol–water partition coefficient (Wildman–Crippen LogP) is 2.79. The second-order valence-corrected chi connectivity index (χ2v) is 5.28. The fraction of sp³-hybridized carbons (Fsp3) is 0.353. The Labute approximate surface area is 136 Å². The van der Waals surface area contributed by atoms with Crippen molar-refractivity contribution in [1.29, 1.82) is 0 Å². The number of hydrogen-bond acceptors (Lipinski definition) is 5. The van der Waals surface area contributed by atoms with Crippen LogP contribution in [0, 0.1) is 13.8 Å². The standard InChI is InChI=1S/C17H22N4O2/c1-12-6-4-7-13(2)16(12)21-17(22)14-10-20-15(11-19-14)18-8-5-9-23-3/h4,6-7,10-11H,5,8-9H2,1-3H3,(H,18,20)(H,21,22). The van der Waals surface area contributed by atoms with Gasteiger partial charge in [-0.25, -0.2) is 9.97 Å². The van der Waals surface area contributed by atoms with E-state index in [0.717, 1.165) is 29.8 Å². The van der Waals surface area contributed by atoms with Crippen molar-refractivity contribution in [3.63, 3.8) is 0 Å². The summed E-state index contributed by atoms with van der Waals surface area (Å²) in [4.78, 5) is 20.7. The summed E-state index contributed by atoms with van der Waals surface area (Å²) >= 11 is 0. The molecule has 23 heavy (non-hydrogen) atoms. The first-order valence-electron chi connectivity index (χ1n) is 7.54. The molecule has 0 aliphatic rings. The van der Waals surface area contributed by atoms with Gasteiger partial charge in [-0.3, -0.25) is 4.79 Å². The van der Waals surface area contributed by atoms with Crippen LogP contribution >= 0.6 is 0 Å².